The number of amides is 2. The van der Waals surface area contributed by atoms with Crippen molar-refractivity contribution in [1.29, 1.82) is 0 Å². The molecule has 1 atom stereocenters. The van der Waals surface area contributed by atoms with Crippen LogP contribution in [0.5, 0.6) is 0 Å². The fraction of sp³-hybridized carbons (Fsp3) is 0.471. The molecule has 0 radical (unpaired) electrons. The van der Waals surface area contributed by atoms with E-state index in [1.807, 2.05) is 0 Å². The molecule has 122 valence electrons. The van der Waals surface area contributed by atoms with E-state index in [9.17, 15) is 14.4 Å². The van der Waals surface area contributed by atoms with Crippen LogP contribution in [0.3, 0.4) is 0 Å². The van der Waals surface area contributed by atoms with Gasteiger partial charge in [-0.1, -0.05) is 0 Å². The number of likely N-dealkylation sites (tertiary alicyclic amines) is 1. The molecule has 1 unspecified atom stereocenters. The Bertz CT molecular complexity index is 622. The number of hydrogen-bond acceptors (Lipinski definition) is 3. The third-order valence-corrected chi connectivity index (χ3v) is 4.36. The van der Waals surface area contributed by atoms with Crippen molar-refractivity contribution in [3.05, 3.63) is 35.4 Å². The van der Waals surface area contributed by atoms with Gasteiger partial charge in [0, 0.05) is 30.3 Å². The van der Waals surface area contributed by atoms with E-state index in [0.717, 1.165) is 12.8 Å². The maximum atomic E-state index is 12.5. The molecule has 1 aromatic rings. The molecule has 6 nitrogen and oxygen atoms in total. The zero-order chi connectivity index (χ0) is 16.4. The standard InChI is InChI=1S/C17H20N2O4/c20-15(18-14-7-8-14)11-3-5-12(6-4-11)16(21)19-9-1-2-13(10-19)17(22)23/h3-6,13-14H,1-2,7-10H2,(H,18,20)(H,22,23). The van der Waals surface area contributed by atoms with Crippen LogP contribution < -0.4 is 5.32 Å². The molecule has 2 amide bonds. The third-order valence-electron chi connectivity index (χ3n) is 4.36. The molecule has 1 saturated carbocycles. The summed E-state index contributed by atoms with van der Waals surface area (Å²) < 4.78 is 0. The SMILES string of the molecule is O=C(NC1CC1)c1ccc(C(=O)N2CCCC(C(=O)O)C2)cc1. The molecule has 2 aliphatic rings. The highest BCUT2D eigenvalue weighted by Crippen LogP contribution is 2.21. The summed E-state index contributed by atoms with van der Waals surface area (Å²) in [6.07, 6.45) is 3.37. The highest BCUT2D eigenvalue weighted by Gasteiger charge is 2.29. The van der Waals surface area contributed by atoms with E-state index in [4.69, 9.17) is 5.11 Å². The molecular weight excluding hydrogens is 296 g/mol. The maximum absolute atomic E-state index is 12.5. The zero-order valence-electron chi connectivity index (χ0n) is 12.8. The highest BCUT2D eigenvalue weighted by molar-refractivity contribution is 5.98. The average Bonchev–Trinajstić information content (AvgIpc) is 3.38. The van der Waals surface area contributed by atoms with Crippen molar-refractivity contribution >= 4 is 17.8 Å². The minimum absolute atomic E-state index is 0.115. The van der Waals surface area contributed by atoms with E-state index in [0.29, 0.717) is 36.6 Å². The van der Waals surface area contributed by atoms with Gasteiger partial charge in [0.15, 0.2) is 0 Å². The number of hydrogen-bond donors (Lipinski definition) is 2. The topological polar surface area (TPSA) is 86.7 Å². The second-order valence-electron chi connectivity index (χ2n) is 6.25. The van der Waals surface area contributed by atoms with Crippen molar-refractivity contribution in [2.75, 3.05) is 13.1 Å². The van der Waals surface area contributed by atoms with Gasteiger partial charge in [-0.05, 0) is 49.9 Å². The number of carbonyl (C=O) groups is 3. The molecule has 1 saturated heterocycles. The largest absolute Gasteiger partial charge is 0.481 e. The molecule has 1 aromatic carbocycles. The van der Waals surface area contributed by atoms with E-state index in [-0.39, 0.29) is 18.4 Å². The Hall–Kier alpha value is -2.37. The first kappa shape index (κ1) is 15.5. The lowest BCUT2D eigenvalue weighted by molar-refractivity contribution is -0.143. The molecule has 1 aliphatic heterocycles. The maximum Gasteiger partial charge on any atom is 0.308 e. The molecule has 0 spiro atoms. The average molecular weight is 316 g/mol. The van der Waals surface area contributed by atoms with Crippen LogP contribution in [0.15, 0.2) is 24.3 Å². The van der Waals surface area contributed by atoms with E-state index in [1.54, 1.807) is 29.2 Å². The van der Waals surface area contributed by atoms with Crippen LogP contribution in [0.2, 0.25) is 0 Å². The number of nitrogens with zero attached hydrogens (tertiary/aromatic N) is 1. The molecular formula is C17H20N2O4. The fourth-order valence-corrected chi connectivity index (χ4v) is 2.81. The summed E-state index contributed by atoms with van der Waals surface area (Å²) >= 11 is 0. The molecule has 23 heavy (non-hydrogen) atoms. The second-order valence-corrected chi connectivity index (χ2v) is 6.25. The van der Waals surface area contributed by atoms with Crippen molar-refractivity contribution in [2.24, 2.45) is 5.92 Å². The van der Waals surface area contributed by atoms with Crippen LogP contribution in [0.25, 0.3) is 0 Å². The van der Waals surface area contributed by atoms with E-state index >= 15 is 0 Å². The molecule has 2 fully saturated rings. The van der Waals surface area contributed by atoms with Crippen LogP contribution in [0.1, 0.15) is 46.4 Å². The van der Waals surface area contributed by atoms with Crippen LogP contribution in [0, 0.1) is 5.92 Å². The Morgan fingerprint density at radius 2 is 1.70 bits per heavy atom. The van der Waals surface area contributed by atoms with Gasteiger partial charge >= 0.3 is 5.97 Å². The number of carboxylic acid groups (broad SMARTS) is 1. The van der Waals surface area contributed by atoms with Crippen LogP contribution >= 0.6 is 0 Å². The summed E-state index contributed by atoms with van der Waals surface area (Å²) in [5.74, 6) is -1.63. The Labute approximate surface area is 134 Å². The Morgan fingerprint density at radius 3 is 2.30 bits per heavy atom. The molecule has 1 heterocycles. The quantitative estimate of drug-likeness (QED) is 0.881. The monoisotopic (exact) mass is 316 g/mol. The van der Waals surface area contributed by atoms with E-state index in [2.05, 4.69) is 5.32 Å². The van der Waals surface area contributed by atoms with Gasteiger partial charge in [0.1, 0.15) is 0 Å². The van der Waals surface area contributed by atoms with Crippen LogP contribution in [0.4, 0.5) is 0 Å². The van der Waals surface area contributed by atoms with Crippen molar-refractivity contribution < 1.29 is 19.5 Å². The van der Waals surface area contributed by atoms with Gasteiger partial charge in [0.05, 0.1) is 5.92 Å². The van der Waals surface area contributed by atoms with Gasteiger partial charge in [0.25, 0.3) is 11.8 Å². The summed E-state index contributed by atoms with van der Waals surface area (Å²) in [5, 5.41) is 12.0. The van der Waals surface area contributed by atoms with Gasteiger partial charge < -0.3 is 15.3 Å². The zero-order valence-corrected chi connectivity index (χ0v) is 12.8. The Morgan fingerprint density at radius 1 is 1.04 bits per heavy atom. The molecule has 0 aromatic heterocycles. The number of aliphatic carboxylic acids is 1. The van der Waals surface area contributed by atoms with Crippen molar-refractivity contribution in [1.82, 2.24) is 10.2 Å². The number of carbonyl (C=O) groups excluding carboxylic acids is 2. The van der Waals surface area contributed by atoms with Crippen molar-refractivity contribution in [3.63, 3.8) is 0 Å². The Kier molecular flexibility index (Phi) is 4.32. The summed E-state index contributed by atoms with van der Waals surface area (Å²) in [5.41, 5.74) is 1.02. The summed E-state index contributed by atoms with van der Waals surface area (Å²) in [7, 11) is 0. The number of rotatable bonds is 4. The second kappa shape index (κ2) is 6.40. The number of nitrogens with one attached hydrogen (secondary N) is 1. The molecule has 0 bridgehead atoms. The van der Waals surface area contributed by atoms with Crippen molar-refractivity contribution in [2.45, 2.75) is 31.7 Å². The summed E-state index contributed by atoms with van der Waals surface area (Å²) in [6, 6.07) is 6.85. The van der Waals surface area contributed by atoms with Crippen molar-refractivity contribution in [3.8, 4) is 0 Å². The molecule has 6 heteroatoms. The first-order chi connectivity index (χ1) is 11.0. The summed E-state index contributed by atoms with van der Waals surface area (Å²) in [6.45, 7) is 0.824. The molecule has 2 N–H and O–H groups in total. The van der Waals surface area contributed by atoms with Gasteiger partial charge in [-0.2, -0.15) is 0 Å². The predicted molar refractivity (Wildman–Crippen MR) is 83.2 cm³/mol. The number of piperidine rings is 1. The van der Waals surface area contributed by atoms with E-state index < -0.39 is 11.9 Å². The Balaban J connectivity index is 1.64. The van der Waals surface area contributed by atoms with Gasteiger partial charge in [-0.15, -0.1) is 0 Å². The molecule has 1 aliphatic carbocycles. The number of benzene rings is 1. The minimum atomic E-state index is -0.852. The number of carboxylic acids is 1. The lowest BCUT2D eigenvalue weighted by Gasteiger charge is -2.30. The molecule has 3 rings (SSSR count). The van der Waals surface area contributed by atoms with Crippen LogP contribution in [-0.4, -0.2) is 46.9 Å². The van der Waals surface area contributed by atoms with Gasteiger partial charge in [-0.25, -0.2) is 0 Å². The van der Waals surface area contributed by atoms with Gasteiger partial charge in [0.2, 0.25) is 0 Å². The van der Waals surface area contributed by atoms with Gasteiger partial charge in [-0.3, -0.25) is 14.4 Å². The minimum Gasteiger partial charge on any atom is -0.481 e. The first-order valence-corrected chi connectivity index (χ1v) is 7.97. The predicted octanol–water partition coefficient (Wildman–Crippen LogP) is 1.52. The highest BCUT2D eigenvalue weighted by atomic mass is 16.4. The first-order valence-electron chi connectivity index (χ1n) is 7.97. The van der Waals surface area contributed by atoms with E-state index in [1.165, 1.54) is 0 Å². The smallest absolute Gasteiger partial charge is 0.308 e. The fourth-order valence-electron chi connectivity index (χ4n) is 2.81. The lowest BCUT2D eigenvalue weighted by Crippen LogP contribution is -2.42. The third kappa shape index (κ3) is 3.70. The normalized spacial score (nSPS) is 20.9. The van der Waals surface area contributed by atoms with Crippen LogP contribution in [-0.2, 0) is 4.79 Å². The summed E-state index contributed by atoms with van der Waals surface area (Å²) in [4.78, 5) is 37.1. The lowest BCUT2D eigenvalue weighted by atomic mass is 9.97.